The smallest absolute Gasteiger partial charge is 0.348 e. The summed E-state index contributed by atoms with van der Waals surface area (Å²) in [6.07, 6.45) is 2.95. The zero-order valence-electron chi connectivity index (χ0n) is 17.7. The van der Waals surface area contributed by atoms with Gasteiger partial charge in [0.05, 0.1) is 31.0 Å². The molecule has 0 saturated heterocycles. The van der Waals surface area contributed by atoms with Gasteiger partial charge in [0.1, 0.15) is 11.6 Å². The first-order valence-electron chi connectivity index (χ1n) is 9.68. The average Bonchev–Trinajstić information content (AvgIpc) is 3.47. The van der Waals surface area contributed by atoms with Crippen molar-refractivity contribution < 1.29 is 39.5 Å². The predicted octanol–water partition coefficient (Wildman–Crippen LogP) is -0.444. The zero-order chi connectivity index (χ0) is 25.8. The maximum atomic E-state index is 11.9. The largest absolute Gasteiger partial charge is 0.479 e. The first kappa shape index (κ1) is 26.2. The number of aliphatic carboxylic acids is 2. The van der Waals surface area contributed by atoms with Gasteiger partial charge in [-0.2, -0.15) is 9.97 Å². The number of terminal acetylenes is 1. The highest BCUT2D eigenvalue weighted by Gasteiger charge is 2.49. The topological polar surface area (TPSA) is 216 Å². The molecule has 0 aliphatic rings. The molecule has 0 unspecified atom stereocenters. The monoisotopic (exact) mass is 526 g/mol. The van der Waals surface area contributed by atoms with Crippen LogP contribution in [-0.4, -0.2) is 87.9 Å². The summed E-state index contributed by atoms with van der Waals surface area (Å²) in [6, 6.07) is 0. The van der Waals surface area contributed by atoms with Crippen molar-refractivity contribution in [3.05, 3.63) is 28.2 Å². The number of carboxylic acids is 2. The molecular formula is C19H19ClN6O8S. The maximum absolute atomic E-state index is 11.9. The molecule has 35 heavy (non-hydrogen) atoms. The Kier molecular flexibility index (Phi) is 8.17. The first-order valence-corrected chi connectivity index (χ1v) is 10.9. The van der Waals surface area contributed by atoms with Crippen molar-refractivity contribution in [1.82, 2.24) is 24.5 Å². The molecule has 186 valence electrons. The van der Waals surface area contributed by atoms with Crippen molar-refractivity contribution in [1.29, 1.82) is 0 Å². The van der Waals surface area contributed by atoms with Gasteiger partial charge in [0, 0.05) is 11.6 Å². The third kappa shape index (κ3) is 5.48. The Morgan fingerprint density at radius 1 is 1.31 bits per heavy atom. The van der Waals surface area contributed by atoms with E-state index in [-0.39, 0.29) is 27.3 Å². The van der Waals surface area contributed by atoms with E-state index >= 15 is 0 Å². The molecule has 3 atom stereocenters. The van der Waals surface area contributed by atoms with Crippen LogP contribution in [0.2, 0.25) is 5.28 Å². The maximum Gasteiger partial charge on any atom is 0.348 e. The van der Waals surface area contributed by atoms with Crippen molar-refractivity contribution in [2.24, 2.45) is 0 Å². The van der Waals surface area contributed by atoms with Crippen LogP contribution in [0.25, 0.3) is 11.2 Å². The molecule has 3 aromatic heterocycles. The fourth-order valence-electron chi connectivity index (χ4n) is 3.01. The number of aromatic nitrogens is 5. The summed E-state index contributed by atoms with van der Waals surface area (Å²) in [4.78, 5) is 39.6. The SMILES string of the molecule is C#C[C@@H](O)[C@@H](O[C@@H](CO)COC(Cc1nccs1)(C(=O)O)C(=O)O)n1cnc2c(N)nc(Cl)nc21. The van der Waals surface area contributed by atoms with Crippen LogP contribution in [0.5, 0.6) is 0 Å². The molecule has 0 aromatic carbocycles. The summed E-state index contributed by atoms with van der Waals surface area (Å²) in [5, 5.41) is 41.0. The lowest BCUT2D eigenvalue weighted by molar-refractivity contribution is -0.195. The van der Waals surface area contributed by atoms with Crippen LogP contribution in [-0.2, 0) is 25.5 Å². The molecule has 3 aromatic rings. The lowest BCUT2D eigenvalue weighted by atomic mass is 10.00. The highest BCUT2D eigenvalue weighted by atomic mass is 35.5. The summed E-state index contributed by atoms with van der Waals surface area (Å²) in [7, 11) is 0. The molecule has 0 aliphatic carbocycles. The normalized spacial score (nSPS) is 14.3. The summed E-state index contributed by atoms with van der Waals surface area (Å²) < 4.78 is 12.2. The summed E-state index contributed by atoms with van der Waals surface area (Å²) in [6.45, 7) is -1.47. The van der Waals surface area contributed by atoms with E-state index < -0.39 is 55.6 Å². The number of rotatable bonds is 12. The number of nitrogen functional groups attached to an aromatic ring is 1. The number of carboxylic acid groups (broad SMARTS) is 2. The number of aliphatic hydroxyl groups excluding tert-OH is 2. The molecule has 0 bridgehead atoms. The number of nitrogens with two attached hydrogens (primary N) is 1. The van der Waals surface area contributed by atoms with Crippen LogP contribution in [0.15, 0.2) is 17.9 Å². The Balaban J connectivity index is 1.88. The number of thiazole rings is 1. The van der Waals surface area contributed by atoms with Gasteiger partial charge in [-0.3, -0.25) is 4.57 Å². The van der Waals surface area contributed by atoms with Gasteiger partial charge >= 0.3 is 11.9 Å². The van der Waals surface area contributed by atoms with Gasteiger partial charge in [0.15, 0.2) is 23.8 Å². The van der Waals surface area contributed by atoms with Crippen LogP contribution in [0.3, 0.4) is 0 Å². The van der Waals surface area contributed by atoms with Crippen molar-refractivity contribution in [2.45, 2.75) is 30.5 Å². The number of fused-ring (bicyclic) bond motifs is 1. The van der Waals surface area contributed by atoms with E-state index in [0.29, 0.717) is 0 Å². The minimum absolute atomic E-state index is 0.0496. The van der Waals surface area contributed by atoms with Crippen LogP contribution >= 0.6 is 22.9 Å². The van der Waals surface area contributed by atoms with E-state index in [1.54, 1.807) is 5.38 Å². The number of halogens is 1. The minimum atomic E-state index is -2.72. The average molecular weight is 527 g/mol. The standard InChI is InChI=1S/C19H19ClN6O8S/c1-2-10(28)15(26-8-23-12-13(21)24-18(20)25-14(12)26)34-9(6-27)7-33-19(16(29)30,17(31)32)5-11-22-3-4-35-11/h1,3-4,8-10,15,27-28H,5-7H2,(H,29,30)(H,31,32)(H2,21,24,25)/t9-,10+,15+/m0/s1. The van der Waals surface area contributed by atoms with E-state index in [1.165, 1.54) is 17.1 Å². The molecule has 0 radical (unpaired) electrons. The number of carbonyl (C=O) groups is 2. The molecule has 3 rings (SSSR count). The van der Waals surface area contributed by atoms with Gasteiger partial charge in [-0.25, -0.2) is 19.6 Å². The van der Waals surface area contributed by atoms with E-state index in [9.17, 15) is 30.0 Å². The highest BCUT2D eigenvalue weighted by molar-refractivity contribution is 7.09. The van der Waals surface area contributed by atoms with Crippen molar-refractivity contribution >= 4 is 51.9 Å². The highest BCUT2D eigenvalue weighted by Crippen LogP contribution is 2.26. The fraction of sp³-hybridized carbons (Fsp3) is 0.368. The molecule has 0 amide bonds. The Hall–Kier alpha value is -3.39. The van der Waals surface area contributed by atoms with Crippen LogP contribution < -0.4 is 5.73 Å². The Morgan fingerprint density at radius 2 is 2.03 bits per heavy atom. The second-order valence-corrected chi connectivity index (χ2v) is 8.31. The first-order chi connectivity index (χ1) is 16.6. The van der Waals surface area contributed by atoms with Gasteiger partial charge in [0.25, 0.3) is 5.60 Å². The van der Waals surface area contributed by atoms with Gasteiger partial charge in [-0.15, -0.1) is 17.8 Å². The molecule has 0 aliphatic heterocycles. The van der Waals surface area contributed by atoms with Crippen molar-refractivity contribution in [3.8, 4) is 12.3 Å². The molecule has 14 nitrogen and oxygen atoms in total. The Bertz CT molecular complexity index is 1230. The van der Waals surface area contributed by atoms with Gasteiger partial charge in [-0.1, -0.05) is 5.92 Å². The second-order valence-electron chi connectivity index (χ2n) is 7.00. The number of imidazole rings is 1. The third-order valence-corrected chi connectivity index (χ3v) is 5.71. The van der Waals surface area contributed by atoms with Crippen LogP contribution in [0, 0.1) is 12.3 Å². The van der Waals surface area contributed by atoms with E-state index in [2.05, 4.69) is 25.9 Å². The fourth-order valence-corrected chi connectivity index (χ4v) is 3.87. The quantitative estimate of drug-likeness (QED) is 0.115. The number of anilines is 1. The number of hydrogen-bond acceptors (Lipinski definition) is 12. The molecule has 0 spiro atoms. The van der Waals surface area contributed by atoms with Crippen LogP contribution in [0.1, 0.15) is 11.2 Å². The Labute approximate surface area is 205 Å². The number of nitrogens with zero attached hydrogens (tertiary/aromatic N) is 5. The van der Waals surface area contributed by atoms with Crippen molar-refractivity contribution in [2.75, 3.05) is 18.9 Å². The second kappa shape index (κ2) is 10.9. The van der Waals surface area contributed by atoms with Crippen LogP contribution in [0.4, 0.5) is 5.82 Å². The van der Waals surface area contributed by atoms with Gasteiger partial charge in [-0.05, 0) is 11.6 Å². The van der Waals surface area contributed by atoms with Gasteiger partial charge in [0.2, 0.25) is 5.28 Å². The molecular weight excluding hydrogens is 508 g/mol. The zero-order valence-corrected chi connectivity index (χ0v) is 19.3. The predicted molar refractivity (Wildman–Crippen MR) is 120 cm³/mol. The summed E-state index contributed by atoms with van der Waals surface area (Å²) in [5.41, 5.74) is 3.24. The lowest BCUT2D eigenvalue weighted by Gasteiger charge is -2.29. The number of hydrogen-bond donors (Lipinski definition) is 5. The number of ether oxygens (including phenoxy) is 2. The molecule has 0 saturated carbocycles. The minimum Gasteiger partial charge on any atom is -0.479 e. The third-order valence-electron chi connectivity index (χ3n) is 4.76. The number of aliphatic hydroxyl groups is 2. The summed E-state index contributed by atoms with van der Waals surface area (Å²) >= 11 is 6.91. The summed E-state index contributed by atoms with van der Waals surface area (Å²) in [5.74, 6) is -1.54. The molecule has 0 fully saturated rings. The van der Waals surface area contributed by atoms with E-state index in [0.717, 1.165) is 11.3 Å². The van der Waals surface area contributed by atoms with E-state index in [4.69, 9.17) is 33.2 Å². The molecule has 3 heterocycles. The van der Waals surface area contributed by atoms with Crippen molar-refractivity contribution in [3.63, 3.8) is 0 Å². The van der Waals surface area contributed by atoms with E-state index in [1.807, 2.05) is 0 Å². The Morgan fingerprint density at radius 3 is 2.60 bits per heavy atom. The molecule has 16 heteroatoms. The van der Waals surface area contributed by atoms with Gasteiger partial charge < -0.3 is 35.6 Å². The molecule has 6 N–H and O–H groups in total. The lowest BCUT2D eigenvalue weighted by Crippen LogP contribution is -2.52.